The Balaban J connectivity index is 1.61. The number of rotatable bonds is 8. The standard InChI is InChI=1S/C21H31IO3/c1-25-21-7-4-5-14-11-18-15(12-19(14)21)13-20(24)17(18)9-8-16(23)6-2-3-10-22/h4-5,7,15-18,20,23-24H,2-3,6,8-13H2,1H3/t15-,16-,17+,18-,20+/m0/s1. The molecule has 0 saturated heterocycles. The molecule has 0 heterocycles. The van der Waals surface area contributed by atoms with Crippen molar-refractivity contribution in [1.29, 1.82) is 0 Å². The third-order valence-electron chi connectivity index (χ3n) is 6.32. The Bertz CT molecular complexity index is 562. The van der Waals surface area contributed by atoms with Gasteiger partial charge in [-0.1, -0.05) is 41.1 Å². The molecule has 2 N–H and O–H groups in total. The zero-order chi connectivity index (χ0) is 17.8. The molecule has 0 spiro atoms. The first kappa shape index (κ1) is 19.4. The second-order valence-electron chi connectivity index (χ2n) is 7.81. The van der Waals surface area contributed by atoms with Crippen LogP contribution in [0, 0.1) is 17.8 Å². The minimum absolute atomic E-state index is 0.204. The fraction of sp³-hybridized carbons (Fsp3) is 0.714. The fourth-order valence-electron chi connectivity index (χ4n) is 5.00. The van der Waals surface area contributed by atoms with Crippen molar-refractivity contribution < 1.29 is 14.9 Å². The number of alkyl halides is 1. The zero-order valence-corrected chi connectivity index (χ0v) is 17.3. The summed E-state index contributed by atoms with van der Waals surface area (Å²) in [5.41, 5.74) is 2.74. The number of unbranched alkanes of at least 4 members (excludes halogenated alkanes) is 1. The summed E-state index contributed by atoms with van der Waals surface area (Å²) < 4.78 is 6.71. The number of benzene rings is 1. The van der Waals surface area contributed by atoms with E-state index in [-0.39, 0.29) is 12.2 Å². The highest BCUT2D eigenvalue weighted by Crippen LogP contribution is 2.48. The smallest absolute Gasteiger partial charge is 0.122 e. The average molecular weight is 458 g/mol. The van der Waals surface area contributed by atoms with E-state index in [0.29, 0.717) is 17.8 Å². The second kappa shape index (κ2) is 9.05. The van der Waals surface area contributed by atoms with Gasteiger partial charge in [-0.2, -0.15) is 0 Å². The molecule has 0 amide bonds. The number of ether oxygens (including phenoxy) is 1. The molecule has 1 aromatic carbocycles. The van der Waals surface area contributed by atoms with Crippen LogP contribution in [0.25, 0.3) is 0 Å². The number of halogens is 1. The van der Waals surface area contributed by atoms with Crippen molar-refractivity contribution in [3.8, 4) is 5.75 Å². The van der Waals surface area contributed by atoms with Gasteiger partial charge < -0.3 is 14.9 Å². The van der Waals surface area contributed by atoms with Crippen LogP contribution in [-0.2, 0) is 12.8 Å². The van der Waals surface area contributed by atoms with Crippen LogP contribution in [0.4, 0.5) is 0 Å². The van der Waals surface area contributed by atoms with Gasteiger partial charge in [0.2, 0.25) is 0 Å². The molecule has 25 heavy (non-hydrogen) atoms. The molecular formula is C21H31IO3. The number of methoxy groups -OCH3 is 1. The number of hydrogen-bond donors (Lipinski definition) is 2. The Morgan fingerprint density at radius 1 is 1.24 bits per heavy atom. The van der Waals surface area contributed by atoms with Gasteiger partial charge in [-0.15, -0.1) is 0 Å². The topological polar surface area (TPSA) is 49.7 Å². The molecule has 0 radical (unpaired) electrons. The number of fused-ring (bicyclic) bond motifs is 2. The summed E-state index contributed by atoms with van der Waals surface area (Å²) in [6.07, 6.45) is 7.53. The van der Waals surface area contributed by atoms with E-state index in [9.17, 15) is 10.2 Å². The Hall–Kier alpha value is -0.330. The van der Waals surface area contributed by atoms with Crippen LogP contribution in [0.5, 0.6) is 5.75 Å². The predicted octanol–water partition coefficient (Wildman–Crippen LogP) is 4.15. The Morgan fingerprint density at radius 2 is 2.08 bits per heavy atom. The summed E-state index contributed by atoms with van der Waals surface area (Å²) in [7, 11) is 1.74. The minimum Gasteiger partial charge on any atom is -0.496 e. The summed E-state index contributed by atoms with van der Waals surface area (Å²) in [4.78, 5) is 0. The van der Waals surface area contributed by atoms with Crippen molar-refractivity contribution in [1.82, 2.24) is 0 Å². The molecule has 1 aromatic rings. The highest BCUT2D eigenvalue weighted by atomic mass is 127. The van der Waals surface area contributed by atoms with Crippen LogP contribution in [-0.4, -0.2) is 34.0 Å². The lowest BCUT2D eigenvalue weighted by Gasteiger charge is -2.32. The number of aliphatic hydroxyl groups excluding tert-OH is 2. The lowest BCUT2D eigenvalue weighted by molar-refractivity contribution is 0.0871. The monoisotopic (exact) mass is 458 g/mol. The van der Waals surface area contributed by atoms with Crippen molar-refractivity contribution >= 4 is 22.6 Å². The Kier molecular flexibility index (Phi) is 7.03. The van der Waals surface area contributed by atoms with Gasteiger partial charge in [-0.25, -0.2) is 0 Å². The summed E-state index contributed by atoms with van der Waals surface area (Å²) in [5, 5.41) is 20.9. The van der Waals surface area contributed by atoms with Gasteiger partial charge in [0.25, 0.3) is 0 Å². The van der Waals surface area contributed by atoms with Gasteiger partial charge in [-0.05, 0) is 84.3 Å². The first-order valence-electron chi connectivity index (χ1n) is 9.70. The van der Waals surface area contributed by atoms with Crippen molar-refractivity contribution in [3.63, 3.8) is 0 Å². The molecule has 0 aliphatic heterocycles. The molecule has 0 bridgehead atoms. The Morgan fingerprint density at radius 3 is 2.84 bits per heavy atom. The molecule has 2 aliphatic rings. The van der Waals surface area contributed by atoms with Crippen molar-refractivity contribution in [2.45, 2.75) is 63.6 Å². The summed E-state index contributed by atoms with van der Waals surface area (Å²) in [6.45, 7) is 0. The molecule has 0 aromatic heterocycles. The van der Waals surface area contributed by atoms with Gasteiger partial charge in [0.05, 0.1) is 19.3 Å². The molecule has 3 rings (SSSR count). The SMILES string of the molecule is COc1cccc2c1C[C@H]1C[C@@H](O)[C@H](CC[C@@H](O)CCCCI)[C@H]1C2. The van der Waals surface area contributed by atoms with Crippen LogP contribution >= 0.6 is 22.6 Å². The number of hydrogen-bond acceptors (Lipinski definition) is 3. The molecule has 1 saturated carbocycles. The summed E-state index contributed by atoms with van der Waals surface area (Å²) in [5.74, 6) is 2.44. The Labute approximate surface area is 165 Å². The maximum Gasteiger partial charge on any atom is 0.122 e. The molecule has 1 fully saturated rings. The normalized spacial score (nSPS) is 29.1. The predicted molar refractivity (Wildman–Crippen MR) is 109 cm³/mol. The maximum absolute atomic E-state index is 10.6. The quantitative estimate of drug-likeness (QED) is 0.350. The lowest BCUT2D eigenvalue weighted by Crippen LogP contribution is -2.28. The van der Waals surface area contributed by atoms with E-state index >= 15 is 0 Å². The highest BCUT2D eigenvalue weighted by molar-refractivity contribution is 14.1. The van der Waals surface area contributed by atoms with E-state index in [2.05, 4.69) is 34.7 Å². The minimum atomic E-state index is -0.211. The van der Waals surface area contributed by atoms with E-state index < -0.39 is 0 Å². The highest BCUT2D eigenvalue weighted by Gasteiger charge is 2.44. The third-order valence-corrected chi connectivity index (χ3v) is 7.08. The maximum atomic E-state index is 10.6. The first-order chi connectivity index (χ1) is 12.1. The van der Waals surface area contributed by atoms with E-state index in [1.54, 1.807) is 7.11 Å². The second-order valence-corrected chi connectivity index (χ2v) is 8.89. The van der Waals surface area contributed by atoms with Crippen LogP contribution in [0.3, 0.4) is 0 Å². The van der Waals surface area contributed by atoms with Crippen LogP contribution in [0.2, 0.25) is 0 Å². The molecule has 0 unspecified atom stereocenters. The molecule has 4 heteroatoms. The molecular weight excluding hydrogens is 427 g/mol. The van der Waals surface area contributed by atoms with Crippen LogP contribution in [0.1, 0.15) is 49.7 Å². The van der Waals surface area contributed by atoms with E-state index in [1.807, 2.05) is 6.07 Å². The van der Waals surface area contributed by atoms with E-state index in [0.717, 1.165) is 50.7 Å². The largest absolute Gasteiger partial charge is 0.496 e. The first-order valence-corrected chi connectivity index (χ1v) is 11.2. The van der Waals surface area contributed by atoms with Gasteiger partial charge >= 0.3 is 0 Å². The molecule has 2 aliphatic carbocycles. The van der Waals surface area contributed by atoms with Crippen LogP contribution < -0.4 is 4.74 Å². The lowest BCUT2D eigenvalue weighted by atomic mass is 9.73. The van der Waals surface area contributed by atoms with Crippen LogP contribution in [0.15, 0.2) is 18.2 Å². The van der Waals surface area contributed by atoms with Crippen molar-refractivity contribution in [2.75, 3.05) is 11.5 Å². The van der Waals surface area contributed by atoms with Gasteiger partial charge in [0, 0.05) is 0 Å². The molecule has 3 nitrogen and oxygen atoms in total. The van der Waals surface area contributed by atoms with E-state index in [4.69, 9.17) is 4.74 Å². The summed E-state index contributed by atoms with van der Waals surface area (Å²) in [6, 6.07) is 6.35. The number of aliphatic hydroxyl groups is 2. The zero-order valence-electron chi connectivity index (χ0n) is 15.2. The van der Waals surface area contributed by atoms with Crippen molar-refractivity contribution in [3.05, 3.63) is 29.3 Å². The van der Waals surface area contributed by atoms with Gasteiger partial charge in [0.15, 0.2) is 0 Å². The summed E-state index contributed by atoms with van der Waals surface area (Å²) >= 11 is 2.39. The fourth-order valence-corrected chi connectivity index (χ4v) is 5.54. The van der Waals surface area contributed by atoms with E-state index in [1.165, 1.54) is 22.0 Å². The van der Waals surface area contributed by atoms with Gasteiger partial charge in [0.1, 0.15) is 5.75 Å². The molecule has 140 valence electrons. The third kappa shape index (κ3) is 4.51. The molecule has 5 atom stereocenters. The average Bonchev–Trinajstić information content (AvgIpc) is 2.92. The van der Waals surface area contributed by atoms with Crippen molar-refractivity contribution in [2.24, 2.45) is 17.8 Å². The van der Waals surface area contributed by atoms with Gasteiger partial charge in [-0.3, -0.25) is 0 Å².